The second kappa shape index (κ2) is 23.8. The molecule has 66 heavy (non-hydrogen) atoms. The molecule has 0 N–H and O–H groups in total. The van der Waals surface area contributed by atoms with Gasteiger partial charge in [0.2, 0.25) is 0 Å². The van der Waals surface area contributed by atoms with Gasteiger partial charge in [-0.25, -0.2) is 50.5 Å². The molecule has 0 radical (unpaired) electrons. The first-order valence-corrected chi connectivity index (χ1v) is 33.8. The first-order chi connectivity index (χ1) is 31.0. The lowest BCUT2D eigenvalue weighted by Crippen LogP contribution is -2.17. The van der Waals surface area contributed by atoms with Gasteiger partial charge in [0.25, 0.3) is 0 Å². The molecule has 4 aromatic rings. The maximum atomic E-state index is 14.4. The Kier molecular flexibility index (Phi) is 20.2. The van der Waals surface area contributed by atoms with Crippen molar-refractivity contribution in [2.24, 2.45) is 0 Å². The molecular weight excluding hydrogens is 961 g/mol. The predicted molar refractivity (Wildman–Crippen MR) is 268 cm³/mol. The number of unbranched alkanes of at least 4 members (excludes halogenated alkanes) is 12. The Hall–Kier alpha value is -2.64. The highest BCUT2D eigenvalue weighted by atomic mass is 32.2. The molecule has 4 rings (SSSR count). The molecule has 0 amide bonds. The van der Waals surface area contributed by atoms with Crippen molar-refractivity contribution in [3.63, 3.8) is 0 Å². The van der Waals surface area contributed by atoms with Crippen LogP contribution >= 0.6 is 0 Å². The van der Waals surface area contributed by atoms with E-state index in [1.165, 1.54) is 36.4 Å². The van der Waals surface area contributed by atoms with Crippen LogP contribution in [0.1, 0.15) is 157 Å². The summed E-state index contributed by atoms with van der Waals surface area (Å²) in [6.45, 7) is 11.4. The van der Waals surface area contributed by atoms with Gasteiger partial charge in [-0.05, 0) is 107 Å². The normalized spacial score (nSPS) is 13.4. The summed E-state index contributed by atoms with van der Waals surface area (Å²) in [4.78, 5) is -2.95. The van der Waals surface area contributed by atoms with Crippen LogP contribution in [-0.2, 0) is 59.0 Å². The molecule has 0 aromatic heterocycles. The zero-order valence-corrected chi connectivity index (χ0v) is 44.7. The minimum absolute atomic E-state index is 0.0481. The molecule has 0 spiro atoms. The number of rotatable bonds is 30. The Morgan fingerprint density at radius 1 is 0.227 bits per heavy atom. The third-order valence-corrected chi connectivity index (χ3v) is 23.6. The second-order valence-electron chi connectivity index (χ2n) is 17.7. The Balaban J connectivity index is 2.45. The number of benzene rings is 4. The number of hydrogen-bond donors (Lipinski definition) is 0. The van der Waals surface area contributed by atoms with Gasteiger partial charge in [-0.2, -0.15) is 0 Å². The van der Waals surface area contributed by atoms with Crippen molar-refractivity contribution in [3.05, 3.63) is 36.4 Å². The van der Waals surface area contributed by atoms with E-state index in [0.717, 1.165) is 0 Å². The standard InChI is InChI=1S/C48H72O12S6/c1-7-13-19-25-61(49,50)43-31-37-38(32-44(43)62(51,52)26-20-14-8-2)40-34-46(64(55,56)28-22-16-10-4)48(66(59,60)30-24-18-12-6)36-42(40)41-35-47(65(57,58)29-23-17-11-5)45(33-39(37)41)63(53,54)27-21-15-9-3/h31-36H,7-30H2,1-6H3. The molecule has 4 aromatic carbocycles. The highest BCUT2D eigenvalue weighted by Crippen LogP contribution is 2.44. The van der Waals surface area contributed by atoms with Gasteiger partial charge >= 0.3 is 0 Å². The molecule has 0 aliphatic rings. The van der Waals surface area contributed by atoms with Crippen LogP contribution in [-0.4, -0.2) is 85.0 Å². The monoisotopic (exact) mass is 1030 g/mol. The van der Waals surface area contributed by atoms with Crippen molar-refractivity contribution in [2.75, 3.05) is 34.5 Å². The highest BCUT2D eigenvalue weighted by molar-refractivity contribution is 7.95. The number of sulfone groups is 6. The summed E-state index contributed by atoms with van der Waals surface area (Å²) in [5.74, 6) is -2.30. The lowest BCUT2D eigenvalue weighted by molar-refractivity contribution is 0.577. The molecule has 0 aliphatic carbocycles. The van der Waals surface area contributed by atoms with Crippen LogP contribution in [0.2, 0.25) is 0 Å². The van der Waals surface area contributed by atoms with Crippen molar-refractivity contribution in [1.29, 1.82) is 0 Å². The largest absolute Gasteiger partial charge is 0.224 e. The first-order valence-electron chi connectivity index (χ1n) is 23.9. The van der Waals surface area contributed by atoms with E-state index in [1.807, 2.05) is 41.5 Å². The topological polar surface area (TPSA) is 205 Å². The first kappa shape index (κ1) is 56.0. The van der Waals surface area contributed by atoms with Crippen LogP contribution in [0.4, 0.5) is 0 Å². The minimum atomic E-state index is -4.34. The van der Waals surface area contributed by atoms with E-state index in [0.29, 0.717) is 77.0 Å². The summed E-state index contributed by atoms with van der Waals surface area (Å²) in [5, 5.41) is 0.288. The van der Waals surface area contributed by atoms with Crippen molar-refractivity contribution in [1.82, 2.24) is 0 Å². The maximum absolute atomic E-state index is 14.4. The molecule has 0 fully saturated rings. The minimum Gasteiger partial charge on any atom is -0.224 e. The molecule has 372 valence electrons. The van der Waals surface area contributed by atoms with E-state index in [-0.39, 0.29) is 105 Å². The van der Waals surface area contributed by atoms with Crippen molar-refractivity contribution < 1.29 is 50.5 Å². The van der Waals surface area contributed by atoms with Crippen LogP contribution < -0.4 is 0 Å². The average molecular weight is 1030 g/mol. The Bertz CT molecular complexity index is 2470. The lowest BCUT2D eigenvalue weighted by atomic mass is 9.94. The van der Waals surface area contributed by atoms with Crippen LogP contribution in [0.5, 0.6) is 0 Å². The third-order valence-electron chi connectivity index (χ3n) is 12.2. The quantitative estimate of drug-likeness (QED) is 0.0353. The van der Waals surface area contributed by atoms with Crippen molar-refractivity contribution >= 4 is 91.3 Å². The lowest BCUT2D eigenvalue weighted by Gasteiger charge is -2.20. The van der Waals surface area contributed by atoms with Gasteiger partial charge < -0.3 is 0 Å². The fraction of sp³-hybridized carbons (Fsp3) is 0.625. The van der Waals surface area contributed by atoms with Crippen LogP contribution in [0.15, 0.2) is 65.8 Å². The van der Waals surface area contributed by atoms with E-state index in [4.69, 9.17) is 0 Å². The molecule has 0 unspecified atom stereocenters. The third kappa shape index (κ3) is 13.4. The zero-order chi connectivity index (χ0) is 49.1. The molecule has 0 bridgehead atoms. The molecule has 0 atom stereocenters. The highest BCUT2D eigenvalue weighted by Gasteiger charge is 2.34. The molecule has 0 heterocycles. The molecule has 0 aliphatic heterocycles. The van der Waals surface area contributed by atoms with Gasteiger partial charge in [0.1, 0.15) is 0 Å². The van der Waals surface area contributed by atoms with Gasteiger partial charge in [0, 0.05) is 0 Å². The van der Waals surface area contributed by atoms with Crippen molar-refractivity contribution in [3.8, 4) is 0 Å². The van der Waals surface area contributed by atoms with E-state index in [2.05, 4.69) is 0 Å². The number of hydrogen-bond acceptors (Lipinski definition) is 12. The fourth-order valence-electron chi connectivity index (χ4n) is 8.39. The summed E-state index contributed by atoms with van der Waals surface area (Å²) < 4.78 is 173. The maximum Gasteiger partial charge on any atom is 0.179 e. The van der Waals surface area contributed by atoms with E-state index in [9.17, 15) is 50.5 Å². The van der Waals surface area contributed by atoms with Gasteiger partial charge in [0.05, 0.1) is 63.9 Å². The Morgan fingerprint density at radius 2 is 0.348 bits per heavy atom. The molecule has 0 saturated carbocycles. The summed E-state index contributed by atoms with van der Waals surface area (Å²) in [6.07, 6.45) is 8.82. The summed E-state index contributed by atoms with van der Waals surface area (Å²) in [5.41, 5.74) is 0. The van der Waals surface area contributed by atoms with E-state index < -0.39 is 88.4 Å². The van der Waals surface area contributed by atoms with Gasteiger partial charge in [-0.3, -0.25) is 0 Å². The summed E-state index contributed by atoms with van der Waals surface area (Å²) >= 11 is 0. The van der Waals surface area contributed by atoms with Crippen LogP contribution in [0.25, 0.3) is 32.3 Å². The summed E-state index contributed by atoms with van der Waals surface area (Å²) in [6, 6.07) is 7.24. The predicted octanol–water partition coefficient (Wildman–Crippen LogP) is 10.9. The van der Waals surface area contributed by atoms with E-state index in [1.54, 1.807) is 0 Å². The van der Waals surface area contributed by atoms with Gasteiger partial charge in [0.15, 0.2) is 59.0 Å². The molecule has 0 saturated heterocycles. The van der Waals surface area contributed by atoms with Crippen LogP contribution in [0.3, 0.4) is 0 Å². The second-order valence-corrected chi connectivity index (χ2v) is 30.2. The zero-order valence-electron chi connectivity index (χ0n) is 39.8. The van der Waals surface area contributed by atoms with Gasteiger partial charge in [-0.15, -0.1) is 0 Å². The summed E-state index contributed by atoms with van der Waals surface area (Å²) in [7, 11) is -26.0. The number of fused-ring (bicyclic) bond motifs is 6. The smallest absolute Gasteiger partial charge is 0.179 e. The van der Waals surface area contributed by atoms with E-state index >= 15 is 0 Å². The van der Waals surface area contributed by atoms with Crippen LogP contribution in [0, 0.1) is 0 Å². The Labute approximate surface area is 396 Å². The average Bonchev–Trinajstić information content (AvgIpc) is 3.25. The molecule has 12 nitrogen and oxygen atoms in total. The van der Waals surface area contributed by atoms with Crippen molar-refractivity contribution in [2.45, 2.75) is 186 Å². The Morgan fingerprint density at radius 3 is 0.455 bits per heavy atom. The fourth-order valence-corrected chi connectivity index (χ4v) is 19.5. The molecular formula is C48H72O12S6. The molecule has 18 heteroatoms. The SMILES string of the molecule is CCCCCS(=O)(=O)c1cc2c3cc(S(=O)(=O)CCCCC)c(S(=O)(=O)CCCCC)cc3c3cc(S(=O)(=O)CCCCC)c(S(=O)(=O)CCCCC)cc3c2cc1S(=O)(=O)CCCCC. The van der Waals surface area contributed by atoms with Gasteiger partial charge in [-0.1, -0.05) is 119 Å².